The van der Waals surface area contributed by atoms with E-state index >= 15 is 0 Å². The van der Waals surface area contributed by atoms with Crippen molar-refractivity contribution in [1.82, 2.24) is 9.88 Å². The molecule has 2 aromatic rings. The molecule has 0 bridgehead atoms. The van der Waals surface area contributed by atoms with Crippen molar-refractivity contribution in [2.45, 2.75) is 33.7 Å². The largest absolute Gasteiger partial charge is 0.465 e. The third-order valence-corrected chi connectivity index (χ3v) is 4.40. The van der Waals surface area contributed by atoms with Gasteiger partial charge in [-0.3, -0.25) is 9.69 Å². The smallest absolute Gasteiger partial charge is 0.339 e. The molecule has 134 valence electrons. The van der Waals surface area contributed by atoms with Gasteiger partial charge >= 0.3 is 5.97 Å². The van der Waals surface area contributed by atoms with Crippen LogP contribution in [0.3, 0.4) is 0 Å². The molecule has 0 spiro atoms. The number of hydrogen-bond acceptors (Lipinski definition) is 4. The number of hydrogen-bond donors (Lipinski definition) is 1. The average molecular weight is 342 g/mol. The van der Waals surface area contributed by atoms with Crippen LogP contribution in [0.5, 0.6) is 0 Å². The maximum atomic E-state index is 12.6. The van der Waals surface area contributed by atoms with Gasteiger partial charge in [-0.15, -0.1) is 0 Å². The maximum absolute atomic E-state index is 12.6. The molecule has 1 aromatic carbocycles. The van der Waals surface area contributed by atoms with E-state index in [1.54, 1.807) is 13.8 Å². The van der Waals surface area contributed by atoms with Crippen molar-refractivity contribution in [1.29, 1.82) is 0 Å². The van der Waals surface area contributed by atoms with Crippen molar-refractivity contribution >= 4 is 11.8 Å². The van der Waals surface area contributed by atoms with E-state index in [9.17, 15) is 9.59 Å². The summed E-state index contributed by atoms with van der Waals surface area (Å²) in [5.41, 5.74) is 4.70. The number of esters is 1. The molecule has 5 nitrogen and oxygen atoms in total. The van der Waals surface area contributed by atoms with Gasteiger partial charge in [0.25, 0.3) is 0 Å². The zero-order chi connectivity index (χ0) is 18.6. The molecule has 0 fully saturated rings. The zero-order valence-electron chi connectivity index (χ0n) is 15.6. The lowest BCUT2D eigenvalue weighted by Crippen LogP contribution is -2.26. The number of methoxy groups -OCH3 is 1. The van der Waals surface area contributed by atoms with Gasteiger partial charge in [0.2, 0.25) is 0 Å². The third kappa shape index (κ3) is 4.37. The third-order valence-electron chi connectivity index (χ3n) is 4.40. The van der Waals surface area contributed by atoms with Crippen LogP contribution in [-0.4, -0.2) is 42.3 Å². The Hall–Kier alpha value is -2.40. The van der Waals surface area contributed by atoms with Crippen molar-refractivity contribution in [3.05, 3.63) is 57.9 Å². The number of aromatic nitrogens is 1. The summed E-state index contributed by atoms with van der Waals surface area (Å²) in [5, 5.41) is 0. The van der Waals surface area contributed by atoms with Gasteiger partial charge in [0.1, 0.15) is 0 Å². The van der Waals surface area contributed by atoms with E-state index in [2.05, 4.69) is 36.2 Å². The molecule has 0 atom stereocenters. The fourth-order valence-electron chi connectivity index (χ4n) is 3.01. The van der Waals surface area contributed by atoms with Gasteiger partial charge in [-0.1, -0.05) is 31.2 Å². The van der Waals surface area contributed by atoms with Crippen LogP contribution < -0.4 is 0 Å². The van der Waals surface area contributed by atoms with Gasteiger partial charge in [0, 0.05) is 12.2 Å². The number of likely N-dealkylation sites (N-methyl/N-ethyl adjacent to an activating group) is 1. The number of benzene rings is 1. The van der Waals surface area contributed by atoms with Gasteiger partial charge in [0.15, 0.2) is 5.78 Å². The molecule has 1 N–H and O–H groups in total. The number of carbonyl (C=O) groups excluding carboxylic acids is 2. The van der Waals surface area contributed by atoms with Gasteiger partial charge in [-0.25, -0.2) is 4.79 Å². The molecule has 0 unspecified atom stereocenters. The molecule has 0 aliphatic heterocycles. The second kappa shape index (κ2) is 8.12. The normalized spacial score (nSPS) is 11.0. The molecule has 0 aliphatic rings. The second-order valence-electron chi connectivity index (χ2n) is 6.38. The number of rotatable bonds is 7. The minimum atomic E-state index is -0.422. The van der Waals surface area contributed by atoms with Crippen molar-refractivity contribution in [3.8, 4) is 0 Å². The number of nitrogens with zero attached hydrogens (tertiary/aromatic N) is 1. The van der Waals surface area contributed by atoms with Crippen LogP contribution >= 0.6 is 0 Å². The van der Waals surface area contributed by atoms with Gasteiger partial charge in [0.05, 0.1) is 24.9 Å². The number of carbonyl (C=O) groups is 2. The Labute approximate surface area is 149 Å². The first-order chi connectivity index (χ1) is 11.9. The topological polar surface area (TPSA) is 62.4 Å². The monoisotopic (exact) mass is 342 g/mol. The number of nitrogens with one attached hydrogen (secondary N) is 1. The van der Waals surface area contributed by atoms with Crippen LogP contribution in [0, 0.1) is 13.8 Å². The van der Waals surface area contributed by atoms with Crippen molar-refractivity contribution in [3.63, 3.8) is 0 Å². The first-order valence-electron chi connectivity index (χ1n) is 8.44. The molecule has 0 saturated carbocycles. The summed E-state index contributed by atoms with van der Waals surface area (Å²) in [6.45, 7) is 6.64. The fourth-order valence-corrected chi connectivity index (χ4v) is 3.01. The quantitative estimate of drug-likeness (QED) is 0.619. The highest BCUT2D eigenvalue weighted by atomic mass is 16.5. The van der Waals surface area contributed by atoms with E-state index in [4.69, 9.17) is 4.74 Å². The van der Waals surface area contributed by atoms with E-state index in [0.29, 0.717) is 29.1 Å². The molecule has 1 aromatic heterocycles. The Balaban J connectivity index is 2.07. The number of aromatic amines is 1. The lowest BCUT2D eigenvalue weighted by molar-refractivity contribution is 0.0599. The zero-order valence-corrected chi connectivity index (χ0v) is 15.6. The van der Waals surface area contributed by atoms with Crippen molar-refractivity contribution in [2.24, 2.45) is 0 Å². The molecular formula is C20H26N2O3. The van der Waals surface area contributed by atoms with Gasteiger partial charge < -0.3 is 9.72 Å². The Bertz CT molecular complexity index is 760. The van der Waals surface area contributed by atoms with Crippen LogP contribution in [0.15, 0.2) is 24.3 Å². The Morgan fingerprint density at radius 3 is 2.28 bits per heavy atom. The van der Waals surface area contributed by atoms with E-state index in [-0.39, 0.29) is 12.3 Å². The molecule has 0 amide bonds. The molecule has 25 heavy (non-hydrogen) atoms. The van der Waals surface area contributed by atoms with E-state index in [1.165, 1.54) is 18.2 Å². The highest BCUT2D eigenvalue weighted by Crippen LogP contribution is 2.19. The van der Waals surface area contributed by atoms with Crippen LogP contribution in [0.2, 0.25) is 0 Å². The first kappa shape index (κ1) is 18.9. The number of ether oxygens (including phenoxy) is 1. The van der Waals surface area contributed by atoms with Crippen LogP contribution in [0.25, 0.3) is 0 Å². The highest BCUT2D eigenvalue weighted by Gasteiger charge is 2.22. The van der Waals surface area contributed by atoms with Crippen LogP contribution in [0.4, 0.5) is 0 Å². The maximum Gasteiger partial charge on any atom is 0.339 e. The minimum Gasteiger partial charge on any atom is -0.465 e. The number of H-pyrrole nitrogens is 1. The van der Waals surface area contributed by atoms with Crippen LogP contribution in [0.1, 0.15) is 50.2 Å². The number of Topliss-reactive ketones (excluding diaryl/α,β-unsaturated/α-hetero) is 1. The highest BCUT2D eigenvalue weighted by molar-refractivity contribution is 6.02. The first-order valence-corrected chi connectivity index (χ1v) is 8.44. The van der Waals surface area contributed by atoms with E-state index < -0.39 is 5.97 Å². The summed E-state index contributed by atoms with van der Waals surface area (Å²) in [6, 6.07) is 8.43. The van der Waals surface area contributed by atoms with Crippen LogP contribution in [-0.2, 0) is 17.7 Å². The summed E-state index contributed by atoms with van der Waals surface area (Å²) in [6.07, 6.45) is 1.02. The lowest BCUT2D eigenvalue weighted by Gasteiger charge is -2.16. The minimum absolute atomic E-state index is 0.0385. The Kier molecular flexibility index (Phi) is 6.15. The molecule has 0 radical (unpaired) electrons. The summed E-state index contributed by atoms with van der Waals surface area (Å²) in [5.74, 6) is -0.460. The SMILES string of the molecule is CCc1ccc(CN(C)CC(=O)c2[nH]c(C)c(C(=O)OC)c2C)cc1. The lowest BCUT2D eigenvalue weighted by atomic mass is 10.1. The summed E-state index contributed by atoms with van der Waals surface area (Å²) < 4.78 is 4.79. The predicted molar refractivity (Wildman–Crippen MR) is 98.1 cm³/mol. The molecule has 1 heterocycles. The average Bonchev–Trinajstić information content (AvgIpc) is 2.89. The molecule has 2 rings (SSSR count). The standard InChI is InChI=1S/C20H26N2O3/c1-6-15-7-9-16(10-8-15)11-22(4)12-17(23)19-13(2)18(14(3)21-19)20(24)25-5/h7-10,21H,6,11-12H2,1-5H3. The number of ketones is 1. The number of aryl methyl sites for hydroxylation is 2. The summed E-state index contributed by atoms with van der Waals surface area (Å²) >= 11 is 0. The Morgan fingerprint density at radius 2 is 1.72 bits per heavy atom. The van der Waals surface area contributed by atoms with E-state index in [0.717, 1.165) is 6.42 Å². The van der Waals surface area contributed by atoms with Gasteiger partial charge in [-0.05, 0) is 44.0 Å². The molecule has 0 saturated heterocycles. The van der Waals surface area contributed by atoms with Crippen molar-refractivity contribution < 1.29 is 14.3 Å². The van der Waals surface area contributed by atoms with E-state index in [1.807, 2.05) is 11.9 Å². The Morgan fingerprint density at radius 1 is 1.12 bits per heavy atom. The van der Waals surface area contributed by atoms with Crippen molar-refractivity contribution in [2.75, 3.05) is 20.7 Å². The second-order valence-corrected chi connectivity index (χ2v) is 6.38. The summed E-state index contributed by atoms with van der Waals surface area (Å²) in [7, 11) is 3.26. The fraction of sp³-hybridized carbons (Fsp3) is 0.400. The summed E-state index contributed by atoms with van der Waals surface area (Å²) in [4.78, 5) is 29.5. The molecule has 0 aliphatic carbocycles. The molecule has 5 heteroatoms. The predicted octanol–water partition coefficient (Wildman–Crippen LogP) is 3.30. The molecular weight excluding hydrogens is 316 g/mol. The van der Waals surface area contributed by atoms with Gasteiger partial charge in [-0.2, -0.15) is 0 Å².